The summed E-state index contributed by atoms with van der Waals surface area (Å²) >= 11 is 1.43. The van der Waals surface area contributed by atoms with Gasteiger partial charge in [0.15, 0.2) is 0 Å². The monoisotopic (exact) mass is 264 g/mol. The number of nitrogens with two attached hydrogens (primary N) is 2. The summed E-state index contributed by atoms with van der Waals surface area (Å²) in [6, 6.07) is 7.79. The van der Waals surface area contributed by atoms with Crippen LogP contribution in [0.1, 0.15) is 0 Å². The van der Waals surface area contributed by atoms with E-state index in [4.69, 9.17) is 15.9 Å². The minimum absolute atomic E-state index is 0.376. The van der Waals surface area contributed by atoms with Crippen molar-refractivity contribution >= 4 is 28.6 Å². The molecule has 0 radical (unpaired) electrons. The van der Waals surface area contributed by atoms with Gasteiger partial charge < -0.3 is 15.9 Å². The van der Waals surface area contributed by atoms with Gasteiger partial charge in [0, 0.05) is 22.1 Å². The van der Waals surface area contributed by atoms with Gasteiger partial charge in [-0.05, 0) is 24.3 Å². The maximum atomic E-state index is 11.0. The molecule has 94 valence electrons. The van der Waals surface area contributed by atoms with Crippen LogP contribution in [0.2, 0.25) is 0 Å². The largest absolute Gasteiger partial charge is 0.423 e. The first kappa shape index (κ1) is 12.7. The van der Waals surface area contributed by atoms with Crippen molar-refractivity contribution in [3.63, 3.8) is 0 Å². The molecule has 0 spiro atoms. The van der Waals surface area contributed by atoms with E-state index in [1.54, 1.807) is 12.1 Å². The lowest BCUT2D eigenvalue weighted by Crippen LogP contribution is -2.38. The van der Waals surface area contributed by atoms with Crippen LogP contribution in [0, 0.1) is 0 Å². The highest BCUT2D eigenvalue weighted by molar-refractivity contribution is 7.99. The number of thioether (sulfide) groups is 1. The van der Waals surface area contributed by atoms with E-state index in [9.17, 15) is 9.59 Å². The van der Waals surface area contributed by atoms with Crippen molar-refractivity contribution in [3.8, 4) is 0 Å². The first-order valence-corrected chi connectivity index (χ1v) is 6.26. The standard InChI is InChI=1S/C12H12N2O3S/c13-9(12(14)16)6-18-8-2-3-10-7(5-8)1-4-11(15)17-10/h1-5,9H,6,13H2,(H2,14,16)/t9-/m0/s1. The van der Waals surface area contributed by atoms with Gasteiger partial charge in [0.2, 0.25) is 5.91 Å². The fraction of sp³-hybridized carbons (Fsp3) is 0.167. The van der Waals surface area contributed by atoms with Crippen LogP contribution < -0.4 is 17.1 Å². The maximum absolute atomic E-state index is 11.0. The smallest absolute Gasteiger partial charge is 0.336 e. The number of hydrogen-bond donors (Lipinski definition) is 2. The summed E-state index contributed by atoms with van der Waals surface area (Å²) in [4.78, 5) is 22.8. The molecule has 6 heteroatoms. The summed E-state index contributed by atoms with van der Waals surface area (Å²) in [6.45, 7) is 0. The molecule has 5 nitrogen and oxygen atoms in total. The molecule has 0 aliphatic heterocycles. The molecule has 2 rings (SSSR count). The number of benzene rings is 1. The zero-order valence-electron chi connectivity index (χ0n) is 9.46. The lowest BCUT2D eigenvalue weighted by atomic mass is 10.2. The summed E-state index contributed by atoms with van der Waals surface area (Å²) in [5, 5.41) is 0.826. The maximum Gasteiger partial charge on any atom is 0.336 e. The van der Waals surface area contributed by atoms with Crippen molar-refractivity contribution in [2.75, 3.05) is 5.75 Å². The van der Waals surface area contributed by atoms with Gasteiger partial charge in [-0.2, -0.15) is 0 Å². The van der Waals surface area contributed by atoms with E-state index in [0.717, 1.165) is 10.3 Å². The van der Waals surface area contributed by atoms with Gasteiger partial charge >= 0.3 is 5.63 Å². The predicted octanol–water partition coefficient (Wildman–Crippen LogP) is 0.698. The second-order valence-electron chi connectivity index (χ2n) is 3.77. The first-order valence-electron chi connectivity index (χ1n) is 5.28. The summed E-state index contributed by atoms with van der Waals surface area (Å²) in [6.07, 6.45) is 0. The quantitative estimate of drug-likeness (QED) is 0.625. The van der Waals surface area contributed by atoms with E-state index in [2.05, 4.69) is 0 Å². The highest BCUT2D eigenvalue weighted by atomic mass is 32.2. The fourth-order valence-electron chi connectivity index (χ4n) is 1.41. The molecule has 0 aliphatic rings. The minimum atomic E-state index is -0.667. The Bertz CT molecular complexity index is 639. The van der Waals surface area contributed by atoms with Gasteiger partial charge in [0.1, 0.15) is 5.58 Å². The Labute approximate surface area is 107 Å². The molecule has 1 aromatic heterocycles. The van der Waals surface area contributed by atoms with Crippen LogP contribution in [0.25, 0.3) is 11.0 Å². The zero-order valence-corrected chi connectivity index (χ0v) is 10.3. The van der Waals surface area contributed by atoms with Crippen LogP contribution in [0.3, 0.4) is 0 Å². The molecule has 0 bridgehead atoms. The van der Waals surface area contributed by atoms with Crippen molar-refractivity contribution in [1.82, 2.24) is 0 Å². The van der Waals surface area contributed by atoms with Crippen molar-refractivity contribution in [3.05, 3.63) is 40.8 Å². The topological polar surface area (TPSA) is 99.3 Å². The molecule has 0 saturated carbocycles. The van der Waals surface area contributed by atoms with Crippen LogP contribution in [0.4, 0.5) is 0 Å². The number of carbonyl (C=O) groups is 1. The lowest BCUT2D eigenvalue weighted by molar-refractivity contribution is -0.118. The van der Waals surface area contributed by atoms with Crippen LogP contribution in [0.15, 0.2) is 44.4 Å². The molecule has 1 amide bonds. The fourth-order valence-corrected chi connectivity index (χ4v) is 2.32. The zero-order chi connectivity index (χ0) is 13.1. The molecule has 1 heterocycles. The lowest BCUT2D eigenvalue weighted by Gasteiger charge is -2.07. The summed E-state index contributed by atoms with van der Waals surface area (Å²) in [5.41, 5.74) is 10.8. The molecule has 18 heavy (non-hydrogen) atoms. The predicted molar refractivity (Wildman–Crippen MR) is 70.4 cm³/mol. The molecular formula is C12H12N2O3S. The number of rotatable bonds is 4. The summed E-state index contributed by atoms with van der Waals surface area (Å²) < 4.78 is 5.02. The highest BCUT2D eigenvalue weighted by Gasteiger charge is 2.09. The number of hydrogen-bond acceptors (Lipinski definition) is 5. The molecular weight excluding hydrogens is 252 g/mol. The van der Waals surface area contributed by atoms with E-state index >= 15 is 0 Å². The van der Waals surface area contributed by atoms with Crippen LogP contribution >= 0.6 is 11.8 Å². The van der Waals surface area contributed by atoms with Gasteiger partial charge in [0.25, 0.3) is 0 Å². The van der Waals surface area contributed by atoms with Gasteiger partial charge in [-0.25, -0.2) is 4.79 Å². The normalized spacial score (nSPS) is 12.5. The minimum Gasteiger partial charge on any atom is -0.423 e. The van der Waals surface area contributed by atoms with Gasteiger partial charge in [-0.15, -0.1) is 11.8 Å². The third-order valence-corrected chi connectivity index (χ3v) is 3.50. The summed E-state index contributed by atoms with van der Waals surface area (Å²) in [7, 11) is 0. The van der Waals surface area contributed by atoms with Crippen molar-refractivity contribution in [1.29, 1.82) is 0 Å². The average Bonchev–Trinajstić information content (AvgIpc) is 2.35. The number of primary amides is 1. The number of carbonyl (C=O) groups excluding carboxylic acids is 1. The summed E-state index contributed by atoms with van der Waals surface area (Å²) in [5.74, 6) is -0.105. The van der Waals surface area contributed by atoms with E-state index < -0.39 is 11.9 Å². The SMILES string of the molecule is NC(=O)[C@@H](N)CSc1ccc2oc(=O)ccc2c1. The Morgan fingerprint density at radius 3 is 2.83 bits per heavy atom. The Morgan fingerprint density at radius 1 is 1.33 bits per heavy atom. The molecule has 0 unspecified atom stereocenters. The first-order chi connectivity index (χ1) is 8.56. The van der Waals surface area contributed by atoms with Gasteiger partial charge in [0.05, 0.1) is 6.04 Å². The Balaban J connectivity index is 2.18. The van der Waals surface area contributed by atoms with E-state index in [0.29, 0.717) is 11.3 Å². The molecule has 0 aliphatic carbocycles. The second-order valence-corrected chi connectivity index (χ2v) is 4.87. The Morgan fingerprint density at radius 2 is 2.11 bits per heavy atom. The van der Waals surface area contributed by atoms with Crippen LogP contribution in [0.5, 0.6) is 0 Å². The Kier molecular flexibility index (Phi) is 3.69. The Hall–Kier alpha value is -1.79. The van der Waals surface area contributed by atoms with Crippen LogP contribution in [-0.2, 0) is 4.79 Å². The van der Waals surface area contributed by atoms with Gasteiger partial charge in [-0.3, -0.25) is 4.79 Å². The molecule has 4 N–H and O–H groups in total. The average molecular weight is 264 g/mol. The molecule has 1 aromatic carbocycles. The second kappa shape index (κ2) is 5.24. The van der Waals surface area contributed by atoms with E-state index in [1.807, 2.05) is 12.1 Å². The van der Waals surface area contributed by atoms with Crippen molar-refractivity contribution in [2.45, 2.75) is 10.9 Å². The molecule has 2 aromatic rings. The van der Waals surface area contributed by atoms with Crippen molar-refractivity contribution < 1.29 is 9.21 Å². The molecule has 1 atom stereocenters. The van der Waals surface area contributed by atoms with E-state index in [1.165, 1.54) is 17.8 Å². The molecule has 0 fully saturated rings. The highest BCUT2D eigenvalue weighted by Crippen LogP contribution is 2.23. The number of fused-ring (bicyclic) bond motifs is 1. The number of amides is 1. The molecule has 0 saturated heterocycles. The van der Waals surface area contributed by atoms with Crippen LogP contribution in [-0.4, -0.2) is 17.7 Å². The third-order valence-electron chi connectivity index (χ3n) is 2.39. The third kappa shape index (κ3) is 2.91. The van der Waals surface area contributed by atoms with Gasteiger partial charge in [-0.1, -0.05) is 0 Å². The van der Waals surface area contributed by atoms with Crippen molar-refractivity contribution in [2.24, 2.45) is 11.5 Å². The van der Waals surface area contributed by atoms with E-state index in [-0.39, 0.29) is 5.63 Å².